The lowest BCUT2D eigenvalue weighted by molar-refractivity contribution is 0.0571. The molecule has 0 bridgehead atoms. The maximum absolute atomic E-state index is 13.3. The standard InChI is InChI=1S/C17H19FO3/c1-17(19,11-12-5-4-6-14(18)7-12)13-8-15(20-2)10-16(9-13)21-3/h4-10,19H,11H2,1-3H3. The molecule has 0 aliphatic heterocycles. The van der Waals surface area contributed by atoms with E-state index in [0.717, 1.165) is 5.56 Å². The van der Waals surface area contributed by atoms with E-state index >= 15 is 0 Å². The summed E-state index contributed by atoms with van der Waals surface area (Å²) >= 11 is 0. The van der Waals surface area contributed by atoms with Crippen molar-refractivity contribution in [1.29, 1.82) is 0 Å². The van der Waals surface area contributed by atoms with E-state index in [9.17, 15) is 9.50 Å². The van der Waals surface area contributed by atoms with E-state index in [0.29, 0.717) is 23.5 Å². The van der Waals surface area contributed by atoms with Crippen LogP contribution in [0.15, 0.2) is 42.5 Å². The second kappa shape index (κ2) is 6.14. The third-order valence-corrected chi connectivity index (χ3v) is 3.41. The van der Waals surface area contributed by atoms with Crippen LogP contribution >= 0.6 is 0 Å². The smallest absolute Gasteiger partial charge is 0.123 e. The molecule has 2 rings (SSSR count). The first kappa shape index (κ1) is 15.3. The first-order valence-electron chi connectivity index (χ1n) is 6.65. The summed E-state index contributed by atoms with van der Waals surface area (Å²) < 4.78 is 23.7. The molecule has 2 aromatic rings. The van der Waals surface area contributed by atoms with Gasteiger partial charge in [-0.25, -0.2) is 4.39 Å². The molecule has 0 fully saturated rings. The molecule has 112 valence electrons. The zero-order valence-electron chi connectivity index (χ0n) is 12.4. The molecular weight excluding hydrogens is 271 g/mol. The molecule has 2 aromatic carbocycles. The van der Waals surface area contributed by atoms with Gasteiger partial charge in [-0.05, 0) is 42.3 Å². The van der Waals surface area contributed by atoms with Gasteiger partial charge in [0, 0.05) is 12.5 Å². The van der Waals surface area contributed by atoms with E-state index in [1.807, 2.05) is 0 Å². The Bertz CT molecular complexity index is 601. The van der Waals surface area contributed by atoms with Gasteiger partial charge in [0.1, 0.15) is 17.3 Å². The monoisotopic (exact) mass is 290 g/mol. The van der Waals surface area contributed by atoms with Gasteiger partial charge in [0.15, 0.2) is 0 Å². The molecule has 4 heteroatoms. The molecule has 0 spiro atoms. The van der Waals surface area contributed by atoms with Crippen LogP contribution in [0.2, 0.25) is 0 Å². The second-order valence-electron chi connectivity index (χ2n) is 5.18. The van der Waals surface area contributed by atoms with Gasteiger partial charge in [-0.1, -0.05) is 12.1 Å². The maximum Gasteiger partial charge on any atom is 0.123 e. The van der Waals surface area contributed by atoms with Crippen molar-refractivity contribution in [2.75, 3.05) is 14.2 Å². The molecule has 0 radical (unpaired) electrons. The fourth-order valence-electron chi connectivity index (χ4n) is 2.26. The number of hydrogen-bond acceptors (Lipinski definition) is 3. The van der Waals surface area contributed by atoms with Crippen LogP contribution in [0.3, 0.4) is 0 Å². The van der Waals surface area contributed by atoms with Crippen LogP contribution in [-0.4, -0.2) is 19.3 Å². The van der Waals surface area contributed by atoms with Crippen LogP contribution in [0, 0.1) is 5.82 Å². The summed E-state index contributed by atoms with van der Waals surface area (Å²) in [5.41, 5.74) is 0.222. The average Bonchev–Trinajstić information content (AvgIpc) is 2.46. The van der Waals surface area contributed by atoms with Crippen molar-refractivity contribution in [3.05, 3.63) is 59.4 Å². The molecule has 0 aromatic heterocycles. The Morgan fingerprint density at radius 3 is 2.19 bits per heavy atom. The van der Waals surface area contributed by atoms with Crippen LogP contribution in [0.25, 0.3) is 0 Å². The predicted octanol–water partition coefficient (Wildman–Crippen LogP) is 3.29. The highest BCUT2D eigenvalue weighted by atomic mass is 19.1. The van der Waals surface area contributed by atoms with E-state index in [2.05, 4.69) is 0 Å². The highest BCUT2D eigenvalue weighted by Crippen LogP contribution is 2.32. The Kier molecular flexibility index (Phi) is 4.48. The lowest BCUT2D eigenvalue weighted by Gasteiger charge is -2.25. The van der Waals surface area contributed by atoms with Crippen molar-refractivity contribution in [2.45, 2.75) is 18.9 Å². The lowest BCUT2D eigenvalue weighted by Crippen LogP contribution is -2.24. The molecule has 0 aliphatic carbocycles. The topological polar surface area (TPSA) is 38.7 Å². The van der Waals surface area contributed by atoms with Gasteiger partial charge in [-0.3, -0.25) is 0 Å². The Hall–Kier alpha value is -2.07. The van der Waals surface area contributed by atoms with E-state index in [-0.39, 0.29) is 5.82 Å². The van der Waals surface area contributed by atoms with Crippen LogP contribution in [0.5, 0.6) is 11.5 Å². The van der Waals surface area contributed by atoms with Gasteiger partial charge in [-0.15, -0.1) is 0 Å². The SMILES string of the molecule is COc1cc(OC)cc(C(C)(O)Cc2cccc(F)c2)c1. The predicted molar refractivity (Wildman–Crippen MR) is 79.2 cm³/mol. The summed E-state index contributed by atoms with van der Waals surface area (Å²) in [4.78, 5) is 0. The Labute approximate surface area is 124 Å². The van der Waals surface area contributed by atoms with Crippen molar-refractivity contribution >= 4 is 0 Å². The number of aliphatic hydroxyl groups is 1. The van der Waals surface area contributed by atoms with E-state index in [4.69, 9.17) is 9.47 Å². The zero-order valence-corrected chi connectivity index (χ0v) is 12.4. The second-order valence-corrected chi connectivity index (χ2v) is 5.18. The minimum Gasteiger partial charge on any atom is -0.497 e. The fourth-order valence-corrected chi connectivity index (χ4v) is 2.26. The molecule has 21 heavy (non-hydrogen) atoms. The average molecular weight is 290 g/mol. The number of hydrogen-bond donors (Lipinski definition) is 1. The number of benzene rings is 2. The van der Waals surface area contributed by atoms with Gasteiger partial charge in [0.25, 0.3) is 0 Å². The van der Waals surface area contributed by atoms with E-state index in [1.165, 1.54) is 12.1 Å². The van der Waals surface area contributed by atoms with Gasteiger partial charge in [0.05, 0.1) is 19.8 Å². The summed E-state index contributed by atoms with van der Waals surface area (Å²) in [6.45, 7) is 1.69. The Morgan fingerprint density at radius 1 is 1.05 bits per heavy atom. The van der Waals surface area contributed by atoms with Crippen molar-refractivity contribution in [3.63, 3.8) is 0 Å². The molecule has 0 amide bonds. The molecule has 0 saturated heterocycles. The molecule has 0 saturated carbocycles. The molecule has 1 atom stereocenters. The first-order valence-corrected chi connectivity index (χ1v) is 6.65. The Balaban J connectivity index is 2.34. The van der Waals surface area contributed by atoms with E-state index < -0.39 is 5.60 Å². The molecule has 0 heterocycles. The van der Waals surface area contributed by atoms with Gasteiger partial charge < -0.3 is 14.6 Å². The third kappa shape index (κ3) is 3.73. The Morgan fingerprint density at radius 2 is 1.67 bits per heavy atom. The fraction of sp³-hybridized carbons (Fsp3) is 0.294. The van der Waals surface area contributed by atoms with Crippen LogP contribution in [0.4, 0.5) is 4.39 Å². The molecule has 3 nitrogen and oxygen atoms in total. The summed E-state index contributed by atoms with van der Waals surface area (Å²) in [5.74, 6) is 0.888. The van der Waals surface area contributed by atoms with Crippen LogP contribution < -0.4 is 9.47 Å². The molecule has 1 N–H and O–H groups in total. The van der Waals surface area contributed by atoms with Gasteiger partial charge in [-0.2, -0.15) is 0 Å². The quantitative estimate of drug-likeness (QED) is 0.918. The van der Waals surface area contributed by atoms with Crippen molar-refractivity contribution in [1.82, 2.24) is 0 Å². The van der Waals surface area contributed by atoms with Crippen molar-refractivity contribution in [2.24, 2.45) is 0 Å². The van der Waals surface area contributed by atoms with Gasteiger partial charge in [0.2, 0.25) is 0 Å². The van der Waals surface area contributed by atoms with E-state index in [1.54, 1.807) is 51.5 Å². The number of methoxy groups -OCH3 is 2. The minimum atomic E-state index is -1.16. The third-order valence-electron chi connectivity index (χ3n) is 3.41. The summed E-state index contributed by atoms with van der Waals surface area (Å²) in [7, 11) is 3.11. The number of halogens is 1. The molecular formula is C17H19FO3. The first-order chi connectivity index (χ1) is 9.94. The normalized spacial score (nSPS) is 13.6. The van der Waals surface area contributed by atoms with Gasteiger partial charge >= 0.3 is 0 Å². The largest absolute Gasteiger partial charge is 0.497 e. The summed E-state index contributed by atoms with van der Waals surface area (Å²) in [6.07, 6.45) is 0.293. The molecule has 0 aliphatic rings. The van der Waals surface area contributed by atoms with Crippen molar-refractivity contribution < 1.29 is 19.0 Å². The maximum atomic E-state index is 13.3. The highest BCUT2D eigenvalue weighted by Gasteiger charge is 2.25. The highest BCUT2D eigenvalue weighted by molar-refractivity contribution is 5.41. The summed E-state index contributed by atoms with van der Waals surface area (Å²) in [6, 6.07) is 11.5. The van der Waals surface area contributed by atoms with Crippen LogP contribution in [0.1, 0.15) is 18.1 Å². The zero-order chi connectivity index (χ0) is 15.5. The van der Waals surface area contributed by atoms with Crippen molar-refractivity contribution in [3.8, 4) is 11.5 Å². The number of ether oxygens (including phenoxy) is 2. The number of rotatable bonds is 5. The minimum absolute atomic E-state index is 0.293. The molecule has 1 unspecified atom stereocenters. The lowest BCUT2D eigenvalue weighted by atomic mass is 9.89. The summed E-state index contributed by atoms with van der Waals surface area (Å²) in [5, 5.41) is 10.7. The van der Waals surface area contributed by atoms with Crippen LogP contribution in [-0.2, 0) is 12.0 Å².